The number of carbonyl (C=O) groups excluding carboxylic acids is 2. The summed E-state index contributed by atoms with van der Waals surface area (Å²) >= 11 is 0. The molecule has 0 aliphatic carbocycles. The van der Waals surface area contributed by atoms with E-state index < -0.39 is 28.6 Å². The van der Waals surface area contributed by atoms with Gasteiger partial charge in [0.15, 0.2) is 0 Å². The third-order valence-corrected chi connectivity index (χ3v) is 5.74. The summed E-state index contributed by atoms with van der Waals surface area (Å²) in [7, 11) is 0. The zero-order valence-electron chi connectivity index (χ0n) is 19.2. The van der Waals surface area contributed by atoms with Crippen LogP contribution in [0.5, 0.6) is 0 Å². The number of hydrogen-bond donors (Lipinski definition) is 2. The van der Waals surface area contributed by atoms with Crippen molar-refractivity contribution in [2.75, 3.05) is 22.9 Å². The lowest BCUT2D eigenvalue weighted by Gasteiger charge is -2.27. The molecule has 3 N–H and O–H groups in total. The molecule has 36 heavy (non-hydrogen) atoms. The van der Waals surface area contributed by atoms with Crippen LogP contribution in [0.2, 0.25) is 0 Å². The number of carbonyl (C=O) groups is 2. The quantitative estimate of drug-likeness (QED) is 0.315. The van der Waals surface area contributed by atoms with E-state index in [1.165, 1.54) is 24.7 Å². The molecule has 1 saturated heterocycles. The van der Waals surface area contributed by atoms with Crippen molar-refractivity contribution < 1.29 is 23.3 Å². The monoisotopic (exact) mass is 497 g/mol. The molecule has 4 rings (SSSR count). The highest BCUT2D eigenvalue weighted by Gasteiger charge is 2.38. The van der Waals surface area contributed by atoms with E-state index in [-0.39, 0.29) is 37.0 Å². The smallest absolute Gasteiger partial charge is 0.353 e. The van der Waals surface area contributed by atoms with Crippen LogP contribution in [0.4, 0.5) is 21.7 Å². The number of nitrogens with two attached hydrogens (primary N) is 1. The zero-order chi connectivity index (χ0) is 25.7. The second-order valence-corrected chi connectivity index (χ2v) is 8.22. The van der Waals surface area contributed by atoms with Crippen LogP contribution in [0.1, 0.15) is 24.2 Å². The molecule has 13 heteroatoms. The highest BCUT2D eigenvalue weighted by molar-refractivity contribution is 5.90. The zero-order valence-corrected chi connectivity index (χ0v) is 19.2. The molecule has 1 aromatic carbocycles. The topological polar surface area (TPSA) is 161 Å². The van der Waals surface area contributed by atoms with Gasteiger partial charge in [0.25, 0.3) is 0 Å². The number of nitrogens with zero attached hydrogens (tertiary/aromatic N) is 5. The molecule has 2 amide bonds. The molecular formula is C23H24FN7O5. The van der Waals surface area contributed by atoms with Crippen molar-refractivity contribution in [1.82, 2.24) is 15.3 Å². The van der Waals surface area contributed by atoms with Gasteiger partial charge in [-0.25, -0.2) is 14.4 Å². The Morgan fingerprint density at radius 1 is 1.25 bits per heavy atom. The molecule has 0 saturated carbocycles. The van der Waals surface area contributed by atoms with Crippen LogP contribution < -0.4 is 20.9 Å². The van der Waals surface area contributed by atoms with Crippen molar-refractivity contribution >= 4 is 29.1 Å². The first-order valence-corrected chi connectivity index (χ1v) is 11.2. The highest BCUT2D eigenvalue weighted by atomic mass is 19.1. The number of amides is 2. The van der Waals surface area contributed by atoms with Gasteiger partial charge in [-0.1, -0.05) is 12.1 Å². The fourth-order valence-corrected chi connectivity index (χ4v) is 4.16. The van der Waals surface area contributed by atoms with Crippen molar-refractivity contribution in [3.05, 3.63) is 76.2 Å². The van der Waals surface area contributed by atoms with Crippen LogP contribution in [0.15, 0.2) is 53.4 Å². The second kappa shape index (κ2) is 10.8. The molecule has 1 fully saturated rings. The van der Waals surface area contributed by atoms with Crippen molar-refractivity contribution in [3.8, 4) is 0 Å². The molecule has 1 aliphatic rings. The van der Waals surface area contributed by atoms with E-state index in [9.17, 15) is 24.1 Å². The van der Waals surface area contributed by atoms with Gasteiger partial charge in [-0.3, -0.25) is 19.7 Å². The van der Waals surface area contributed by atoms with Crippen molar-refractivity contribution in [3.63, 3.8) is 0 Å². The van der Waals surface area contributed by atoms with Crippen molar-refractivity contribution in [2.45, 2.75) is 32.0 Å². The summed E-state index contributed by atoms with van der Waals surface area (Å²) in [4.78, 5) is 47.1. The van der Waals surface area contributed by atoms with E-state index >= 15 is 0 Å². The summed E-state index contributed by atoms with van der Waals surface area (Å²) in [5.41, 5.74) is 5.44. The molecular weight excluding hydrogens is 473 g/mol. The van der Waals surface area contributed by atoms with Gasteiger partial charge in [-0.05, 0) is 42.7 Å². The third kappa shape index (κ3) is 5.56. The Morgan fingerprint density at radius 3 is 2.69 bits per heavy atom. The number of nitro groups is 1. The molecule has 2 aromatic heterocycles. The molecule has 1 aliphatic heterocycles. The first-order valence-electron chi connectivity index (χ1n) is 11.2. The predicted molar refractivity (Wildman–Crippen MR) is 126 cm³/mol. The average molecular weight is 497 g/mol. The van der Waals surface area contributed by atoms with Crippen molar-refractivity contribution in [1.29, 1.82) is 0 Å². The first-order chi connectivity index (χ1) is 17.3. The van der Waals surface area contributed by atoms with Crippen LogP contribution in [-0.2, 0) is 22.7 Å². The SMILES string of the molecule is NC(=O)CNC(=O)C1CCCN1c1ncnc(N(Cc2ccc(F)cc2)Cc2ccco2)c1[N+](=O)[O-]. The van der Waals surface area contributed by atoms with Gasteiger partial charge in [0.05, 0.1) is 24.3 Å². The van der Waals surface area contributed by atoms with E-state index in [0.717, 1.165) is 0 Å². The summed E-state index contributed by atoms with van der Waals surface area (Å²) in [5, 5.41) is 14.8. The average Bonchev–Trinajstić information content (AvgIpc) is 3.55. The van der Waals surface area contributed by atoms with E-state index in [1.807, 2.05) is 0 Å². The Balaban J connectivity index is 1.72. The lowest BCUT2D eigenvalue weighted by molar-refractivity contribution is -0.383. The predicted octanol–water partition coefficient (Wildman–Crippen LogP) is 1.89. The number of halogens is 1. The largest absolute Gasteiger partial charge is 0.467 e. The summed E-state index contributed by atoms with van der Waals surface area (Å²) in [5.74, 6) is -1.02. The molecule has 12 nitrogen and oxygen atoms in total. The third-order valence-electron chi connectivity index (χ3n) is 5.74. The lowest BCUT2D eigenvalue weighted by Crippen LogP contribution is -2.46. The van der Waals surface area contributed by atoms with Crippen LogP contribution in [0, 0.1) is 15.9 Å². The Kier molecular flexibility index (Phi) is 7.37. The normalized spacial score (nSPS) is 15.0. The van der Waals surface area contributed by atoms with E-state index in [2.05, 4.69) is 15.3 Å². The van der Waals surface area contributed by atoms with Gasteiger partial charge < -0.3 is 25.3 Å². The van der Waals surface area contributed by atoms with Gasteiger partial charge in [0.2, 0.25) is 23.5 Å². The minimum Gasteiger partial charge on any atom is -0.467 e. The summed E-state index contributed by atoms with van der Waals surface area (Å²) in [6.45, 7) is 0.321. The van der Waals surface area contributed by atoms with Crippen LogP contribution >= 0.6 is 0 Å². The fourth-order valence-electron chi connectivity index (χ4n) is 4.16. The van der Waals surface area contributed by atoms with Gasteiger partial charge >= 0.3 is 5.69 Å². The van der Waals surface area contributed by atoms with Gasteiger partial charge in [-0.15, -0.1) is 0 Å². The standard InChI is InChI=1S/C23H24FN7O5/c24-16-7-5-15(6-8-16)12-29(13-17-3-2-10-36-17)21-20(31(34)35)22(28-14-27-21)30-9-1-4-18(30)23(33)26-11-19(25)32/h2-3,5-8,10,14,18H,1,4,9,11-13H2,(H2,25,32)(H,26,33). The number of anilines is 2. The van der Waals surface area contributed by atoms with E-state index in [4.69, 9.17) is 10.2 Å². The Morgan fingerprint density at radius 2 is 2.03 bits per heavy atom. The number of rotatable bonds is 10. The van der Waals surface area contributed by atoms with Crippen LogP contribution in [-0.4, -0.2) is 45.8 Å². The Labute approximate surface area is 205 Å². The van der Waals surface area contributed by atoms with Gasteiger partial charge in [0.1, 0.15) is 23.9 Å². The molecule has 3 heterocycles. The van der Waals surface area contributed by atoms with E-state index in [0.29, 0.717) is 30.7 Å². The summed E-state index contributed by atoms with van der Waals surface area (Å²) in [6, 6.07) is 8.44. The Bertz CT molecular complexity index is 1240. The molecule has 1 atom stereocenters. The van der Waals surface area contributed by atoms with E-state index in [1.54, 1.807) is 34.1 Å². The number of primary amides is 1. The van der Waals surface area contributed by atoms with Gasteiger partial charge in [-0.2, -0.15) is 0 Å². The first kappa shape index (κ1) is 24.6. The lowest BCUT2D eigenvalue weighted by atomic mass is 10.2. The second-order valence-electron chi connectivity index (χ2n) is 8.22. The van der Waals surface area contributed by atoms with Gasteiger partial charge in [0, 0.05) is 13.1 Å². The number of benzene rings is 1. The molecule has 0 bridgehead atoms. The number of furan rings is 1. The molecule has 1 unspecified atom stereocenters. The number of hydrogen-bond acceptors (Lipinski definition) is 9. The maximum Gasteiger partial charge on any atom is 0.353 e. The van der Waals surface area contributed by atoms with Crippen molar-refractivity contribution in [2.24, 2.45) is 5.73 Å². The molecule has 3 aromatic rings. The maximum atomic E-state index is 13.4. The molecule has 188 valence electrons. The highest BCUT2D eigenvalue weighted by Crippen LogP contribution is 2.38. The minimum absolute atomic E-state index is 0.00900. The summed E-state index contributed by atoms with van der Waals surface area (Å²) in [6.07, 6.45) is 3.71. The molecule has 0 radical (unpaired) electrons. The fraction of sp³-hybridized carbons (Fsp3) is 0.304. The Hall–Kier alpha value is -4.55. The minimum atomic E-state index is -0.763. The van der Waals surface area contributed by atoms with Crippen LogP contribution in [0.3, 0.4) is 0 Å². The summed E-state index contributed by atoms with van der Waals surface area (Å²) < 4.78 is 18.9. The maximum absolute atomic E-state index is 13.4. The number of nitrogens with one attached hydrogen (secondary N) is 1. The number of aromatic nitrogens is 2. The van der Waals surface area contributed by atoms with Crippen LogP contribution in [0.25, 0.3) is 0 Å². The molecule has 0 spiro atoms.